The molecular formula is C10H5F2N3O5. The number of hydrogen-bond acceptors (Lipinski definition) is 5. The average Bonchev–Trinajstić information content (AvgIpc) is 2.37. The number of aromatic hydroxyl groups is 1. The summed E-state index contributed by atoms with van der Waals surface area (Å²) in [6.45, 7) is 0. The van der Waals surface area contributed by atoms with Gasteiger partial charge in [-0.1, -0.05) is 0 Å². The van der Waals surface area contributed by atoms with Crippen molar-refractivity contribution >= 4 is 5.69 Å². The molecule has 2 aromatic rings. The molecule has 0 saturated heterocycles. The first kappa shape index (κ1) is 13.4. The maximum Gasteiger partial charge on any atom is 0.336 e. The van der Waals surface area contributed by atoms with Gasteiger partial charge in [-0.2, -0.15) is 4.39 Å². The molecule has 0 saturated carbocycles. The molecule has 0 unspecified atom stereocenters. The lowest BCUT2D eigenvalue weighted by molar-refractivity contribution is -0.385. The van der Waals surface area contributed by atoms with Gasteiger partial charge in [0.05, 0.1) is 16.7 Å². The first-order chi connectivity index (χ1) is 9.32. The number of nitro groups is 1. The van der Waals surface area contributed by atoms with Crippen molar-refractivity contribution in [2.75, 3.05) is 0 Å². The van der Waals surface area contributed by atoms with Gasteiger partial charge in [0.25, 0.3) is 11.2 Å². The molecule has 1 aromatic carbocycles. The Kier molecular flexibility index (Phi) is 3.06. The molecule has 0 fully saturated rings. The lowest BCUT2D eigenvalue weighted by atomic mass is 10.2. The van der Waals surface area contributed by atoms with Crippen molar-refractivity contribution in [3.8, 4) is 11.6 Å². The molecule has 0 aliphatic heterocycles. The van der Waals surface area contributed by atoms with Gasteiger partial charge in [-0.05, 0) is 6.07 Å². The average molecular weight is 285 g/mol. The third-order valence-electron chi connectivity index (χ3n) is 2.41. The van der Waals surface area contributed by atoms with Gasteiger partial charge in [0.15, 0.2) is 5.82 Å². The number of halogens is 2. The molecule has 0 atom stereocenters. The fraction of sp³-hybridized carbons (Fsp3) is 0. The van der Waals surface area contributed by atoms with Crippen LogP contribution in [0.5, 0.6) is 5.88 Å². The monoisotopic (exact) mass is 285 g/mol. The van der Waals surface area contributed by atoms with Gasteiger partial charge in [-0.25, -0.2) is 13.8 Å². The van der Waals surface area contributed by atoms with E-state index < -0.39 is 45.1 Å². The van der Waals surface area contributed by atoms with Crippen LogP contribution in [0.25, 0.3) is 5.69 Å². The number of nitrogens with one attached hydrogen (secondary N) is 1. The topological polar surface area (TPSA) is 118 Å². The van der Waals surface area contributed by atoms with Crippen molar-refractivity contribution in [2.45, 2.75) is 0 Å². The lowest BCUT2D eigenvalue weighted by Crippen LogP contribution is -2.31. The van der Waals surface area contributed by atoms with Gasteiger partial charge in [0, 0.05) is 6.07 Å². The van der Waals surface area contributed by atoms with E-state index in [9.17, 15) is 33.6 Å². The van der Waals surface area contributed by atoms with Crippen molar-refractivity contribution < 1.29 is 18.8 Å². The zero-order chi connectivity index (χ0) is 15.0. The van der Waals surface area contributed by atoms with Crippen LogP contribution in [-0.2, 0) is 0 Å². The number of hydrogen-bond donors (Lipinski definition) is 2. The molecule has 1 aromatic heterocycles. The van der Waals surface area contributed by atoms with E-state index in [-0.39, 0.29) is 4.57 Å². The molecule has 0 spiro atoms. The zero-order valence-electron chi connectivity index (χ0n) is 9.46. The van der Waals surface area contributed by atoms with Crippen molar-refractivity contribution in [3.05, 3.63) is 60.8 Å². The highest BCUT2D eigenvalue weighted by Crippen LogP contribution is 2.22. The summed E-state index contributed by atoms with van der Waals surface area (Å²) in [5, 5.41) is 19.8. The molecule has 2 rings (SSSR count). The molecule has 0 amide bonds. The SMILES string of the molecule is O=c1[nH]c(=O)n(-c2ccc([N+](=O)[O-])cc2F)c(O)c1F. The maximum atomic E-state index is 13.7. The summed E-state index contributed by atoms with van der Waals surface area (Å²) in [4.78, 5) is 33.5. The van der Waals surface area contributed by atoms with E-state index in [0.29, 0.717) is 6.07 Å². The largest absolute Gasteiger partial charge is 0.492 e. The Hall–Kier alpha value is -3.04. The Bertz CT molecular complexity index is 827. The summed E-state index contributed by atoms with van der Waals surface area (Å²) in [5.74, 6) is -4.32. The van der Waals surface area contributed by atoms with E-state index in [1.54, 1.807) is 0 Å². The molecule has 8 nitrogen and oxygen atoms in total. The second kappa shape index (κ2) is 4.57. The quantitative estimate of drug-likeness (QED) is 0.612. The number of aromatic nitrogens is 2. The molecular weight excluding hydrogens is 280 g/mol. The van der Waals surface area contributed by atoms with Crippen molar-refractivity contribution in [3.63, 3.8) is 0 Å². The van der Waals surface area contributed by atoms with Crippen LogP contribution in [0.2, 0.25) is 0 Å². The Morgan fingerprint density at radius 2 is 1.95 bits per heavy atom. The molecule has 0 aliphatic rings. The van der Waals surface area contributed by atoms with Gasteiger partial charge in [-0.15, -0.1) is 0 Å². The molecule has 0 radical (unpaired) electrons. The molecule has 20 heavy (non-hydrogen) atoms. The molecule has 1 heterocycles. The van der Waals surface area contributed by atoms with Crippen LogP contribution < -0.4 is 11.2 Å². The summed E-state index contributed by atoms with van der Waals surface area (Å²) in [6.07, 6.45) is 0. The lowest BCUT2D eigenvalue weighted by Gasteiger charge is -2.08. The summed E-state index contributed by atoms with van der Waals surface area (Å²) >= 11 is 0. The number of H-pyrrole nitrogens is 1. The summed E-state index contributed by atoms with van der Waals surface area (Å²) in [7, 11) is 0. The van der Waals surface area contributed by atoms with Crippen LogP contribution in [0.4, 0.5) is 14.5 Å². The predicted molar refractivity (Wildman–Crippen MR) is 60.9 cm³/mol. The van der Waals surface area contributed by atoms with E-state index in [0.717, 1.165) is 12.1 Å². The predicted octanol–water partition coefficient (Wildman–Crippen LogP) is 0.418. The molecule has 104 valence electrons. The fourth-order valence-electron chi connectivity index (χ4n) is 1.52. The van der Waals surface area contributed by atoms with E-state index in [4.69, 9.17) is 0 Å². The van der Waals surface area contributed by atoms with Gasteiger partial charge in [0.1, 0.15) is 0 Å². The van der Waals surface area contributed by atoms with E-state index in [1.807, 2.05) is 0 Å². The Balaban J connectivity index is 2.76. The van der Waals surface area contributed by atoms with Crippen LogP contribution in [0.3, 0.4) is 0 Å². The number of nitro benzene ring substituents is 1. The minimum absolute atomic E-state index is 0.149. The number of nitrogens with zero attached hydrogens (tertiary/aromatic N) is 2. The molecule has 0 bridgehead atoms. The van der Waals surface area contributed by atoms with E-state index >= 15 is 0 Å². The highest BCUT2D eigenvalue weighted by Gasteiger charge is 2.19. The summed E-state index contributed by atoms with van der Waals surface area (Å²) < 4.78 is 27.1. The number of aromatic amines is 1. The minimum atomic E-state index is -1.68. The number of rotatable bonds is 2. The Morgan fingerprint density at radius 1 is 1.30 bits per heavy atom. The molecule has 2 N–H and O–H groups in total. The van der Waals surface area contributed by atoms with Crippen LogP contribution in [-0.4, -0.2) is 19.6 Å². The fourth-order valence-corrected chi connectivity index (χ4v) is 1.52. The van der Waals surface area contributed by atoms with Gasteiger partial charge in [0.2, 0.25) is 11.7 Å². The second-order valence-corrected chi connectivity index (χ2v) is 3.63. The highest BCUT2D eigenvalue weighted by molar-refractivity contribution is 5.44. The van der Waals surface area contributed by atoms with E-state index in [2.05, 4.69) is 0 Å². The first-order valence-electron chi connectivity index (χ1n) is 5.01. The third-order valence-corrected chi connectivity index (χ3v) is 2.41. The second-order valence-electron chi connectivity index (χ2n) is 3.63. The Labute approximate surface area is 107 Å². The van der Waals surface area contributed by atoms with Crippen LogP contribution in [0, 0.1) is 21.7 Å². The van der Waals surface area contributed by atoms with Gasteiger partial charge < -0.3 is 5.11 Å². The number of non-ortho nitro benzene ring substituents is 1. The van der Waals surface area contributed by atoms with E-state index in [1.165, 1.54) is 4.98 Å². The highest BCUT2D eigenvalue weighted by atomic mass is 19.1. The Morgan fingerprint density at radius 3 is 2.50 bits per heavy atom. The minimum Gasteiger partial charge on any atom is -0.492 e. The van der Waals surface area contributed by atoms with Crippen molar-refractivity contribution in [2.24, 2.45) is 0 Å². The van der Waals surface area contributed by atoms with Gasteiger partial charge >= 0.3 is 5.69 Å². The smallest absolute Gasteiger partial charge is 0.336 e. The maximum absolute atomic E-state index is 13.7. The van der Waals surface area contributed by atoms with Crippen molar-refractivity contribution in [1.82, 2.24) is 9.55 Å². The van der Waals surface area contributed by atoms with Crippen LogP contribution >= 0.6 is 0 Å². The van der Waals surface area contributed by atoms with Crippen molar-refractivity contribution in [1.29, 1.82) is 0 Å². The third kappa shape index (κ3) is 2.02. The molecule has 10 heteroatoms. The first-order valence-corrected chi connectivity index (χ1v) is 5.01. The summed E-state index contributed by atoms with van der Waals surface area (Å²) in [5.41, 5.74) is -4.00. The number of benzene rings is 1. The van der Waals surface area contributed by atoms with Crippen LogP contribution in [0.15, 0.2) is 27.8 Å². The standard InChI is InChI=1S/C10H5F2N3O5/c11-5-3-4(15(19)20)1-2-6(5)14-9(17)7(12)8(16)13-10(14)18/h1-3,17H,(H,13,16,18). The summed E-state index contributed by atoms with van der Waals surface area (Å²) in [6, 6.07) is 2.14. The van der Waals surface area contributed by atoms with Gasteiger partial charge in [-0.3, -0.25) is 19.9 Å². The molecule has 0 aliphatic carbocycles. The van der Waals surface area contributed by atoms with Crippen LogP contribution in [0.1, 0.15) is 0 Å². The normalized spacial score (nSPS) is 10.5. The zero-order valence-corrected chi connectivity index (χ0v) is 9.46.